The van der Waals surface area contributed by atoms with E-state index in [4.69, 9.17) is 15.2 Å². The molecule has 0 unspecified atom stereocenters. The van der Waals surface area contributed by atoms with Crippen molar-refractivity contribution in [2.45, 2.75) is 33.2 Å². The minimum Gasteiger partial charge on any atom is -0.497 e. The Balaban J connectivity index is 2.21. The lowest BCUT2D eigenvalue weighted by atomic mass is 10.1. The van der Waals surface area contributed by atoms with Gasteiger partial charge < -0.3 is 20.5 Å². The Morgan fingerprint density at radius 1 is 1.24 bits per heavy atom. The van der Waals surface area contributed by atoms with Gasteiger partial charge in [0.05, 0.1) is 32.1 Å². The molecule has 0 amide bonds. The van der Waals surface area contributed by atoms with Gasteiger partial charge in [0.2, 0.25) is 0 Å². The van der Waals surface area contributed by atoms with Gasteiger partial charge in [0.1, 0.15) is 11.5 Å². The van der Waals surface area contributed by atoms with Gasteiger partial charge in [-0.2, -0.15) is 5.10 Å². The van der Waals surface area contributed by atoms with Crippen LogP contribution in [0.4, 0.5) is 5.69 Å². The maximum absolute atomic E-state index is 6.07. The van der Waals surface area contributed by atoms with E-state index in [1.807, 2.05) is 29.9 Å². The van der Waals surface area contributed by atoms with Crippen LogP contribution in [0.15, 0.2) is 23.2 Å². The highest BCUT2D eigenvalue weighted by molar-refractivity contribution is 5.94. The third-order valence-electron chi connectivity index (χ3n) is 4.10. The van der Waals surface area contributed by atoms with Crippen LogP contribution in [0.25, 0.3) is 0 Å². The van der Waals surface area contributed by atoms with Crippen LogP contribution in [0.5, 0.6) is 11.5 Å². The summed E-state index contributed by atoms with van der Waals surface area (Å²) < 4.78 is 12.5. The van der Waals surface area contributed by atoms with Crippen LogP contribution in [0, 0.1) is 0 Å². The molecule has 3 N–H and O–H groups in total. The monoisotopic (exact) mass is 345 g/mol. The highest BCUT2D eigenvalue weighted by Crippen LogP contribution is 2.28. The van der Waals surface area contributed by atoms with Crippen LogP contribution in [0.3, 0.4) is 0 Å². The van der Waals surface area contributed by atoms with Crippen molar-refractivity contribution in [3.63, 3.8) is 0 Å². The molecular weight excluding hydrogens is 318 g/mol. The van der Waals surface area contributed by atoms with Gasteiger partial charge in [-0.15, -0.1) is 0 Å². The highest BCUT2D eigenvalue weighted by Gasteiger charge is 2.13. The average molecular weight is 345 g/mol. The van der Waals surface area contributed by atoms with Crippen LogP contribution >= 0.6 is 0 Å². The number of anilines is 1. The second-order valence-electron chi connectivity index (χ2n) is 5.60. The van der Waals surface area contributed by atoms with Crippen LogP contribution in [0.1, 0.15) is 30.8 Å². The summed E-state index contributed by atoms with van der Waals surface area (Å²) in [5.41, 5.74) is 10.2. The molecule has 0 bridgehead atoms. The summed E-state index contributed by atoms with van der Waals surface area (Å²) in [7, 11) is 5.19. The van der Waals surface area contributed by atoms with Crippen LogP contribution in [0.2, 0.25) is 0 Å². The molecule has 0 aliphatic heterocycles. The number of hydrogen-bond acceptors (Lipinski definition) is 4. The van der Waals surface area contributed by atoms with E-state index in [1.165, 1.54) is 5.69 Å². The minimum absolute atomic E-state index is 0.319. The van der Waals surface area contributed by atoms with Crippen molar-refractivity contribution < 1.29 is 9.47 Å². The predicted octanol–water partition coefficient (Wildman–Crippen LogP) is 2.49. The summed E-state index contributed by atoms with van der Waals surface area (Å²) in [5.74, 6) is 1.70. The number of ether oxygens (including phenoxy) is 2. The standard InChI is InChI=1S/C18H27N5O2/c1-6-14-13(16(7-2)23(3)22-14)11-20-18(19)21-15-10-12(24-4)8-9-17(15)25-5/h8-10H,6-7,11H2,1-5H3,(H3,19,20,21). The molecule has 2 rings (SSSR count). The Morgan fingerprint density at radius 2 is 2.00 bits per heavy atom. The van der Waals surface area contributed by atoms with Crippen molar-refractivity contribution in [1.29, 1.82) is 0 Å². The Morgan fingerprint density at radius 3 is 2.60 bits per heavy atom. The van der Waals surface area contributed by atoms with E-state index in [0.29, 0.717) is 29.7 Å². The molecule has 1 aromatic carbocycles. The molecular formula is C18H27N5O2. The summed E-state index contributed by atoms with van der Waals surface area (Å²) in [6.45, 7) is 4.70. The quantitative estimate of drug-likeness (QED) is 0.595. The number of rotatable bonds is 7. The number of hydrogen-bond donors (Lipinski definition) is 2. The van der Waals surface area contributed by atoms with Crippen molar-refractivity contribution in [1.82, 2.24) is 9.78 Å². The Labute approximate surface area is 148 Å². The summed E-state index contributed by atoms with van der Waals surface area (Å²) in [6.07, 6.45) is 1.78. The summed E-state index contributed by atoms with van der Waals surface area (Å²) >= 11 is 0. The Hall–Kier alpha value is -2.70. The molecule has 7 nitrogen and oxygen atoms in total. The number of aromatic nitrogens is 2. The number of nitrogens with one attached hydrogen (secondary N) is 1. The first-order valence-corrected chi connectivity index (χ1v) is 8.36. The van der Waals surface area contributed by atoms with Crippen LogP contribution < -0.4 is 20.5 Å². The van der Waals surface area contributed by atoms with E-state index in [-0.39, 0.29) is 0 Å². The molecule has 136 valence electrons. The second kappa shape index (κ2) is 8.41. The largest absolute Gasteiger partial charge is 0.497 e. The third kappa shape index (κ3) is 4.23. The molecule has 25 heavy (non-hydrogen) atoms. The highest BCUT2D eigenvalue weighted by atomic mass is 16.5. The Bertz CT molecular complexity index is 752. The smallest absolute Gasteiger partial charge is 0.193 e. The van der Waals surface area contributed by atoms with Gasteiger partial charge in [-0.25, -0.2) is 4.99 Å². The normalized spacial score (nSPS) is 11.5. The number of aryl methyl sites for hydroxylation is 2. The van der Waals surface area contributed by atoms with Crippen molar-refractivity contribution in [3.05, 3.63) is 35.2 Å². The molecule has 1 aromatic heterocycles. The molecule has 0 saturated heterocycles. The number of nitrogens with zero attached hydrogens (tertiary/aromatic N) is 3. The number of nitrogens with two attached hydrogens (primary N) is 1. The molecule has 2 aromatic rings. The fourth-order valence-corrected chi connectivity index (χ4v) is 2.83. The average Bonchev–Trinajstić information content (AvgIpc) is 2.94. The number of methoxy groups -OCH3 is 2. The van der Waals surface area contributed by atoms with Gasteiger partial charge in [-0.1, -0.05) is 13.8 Å². The molecule has 7 heteroatoms. The molecule has 0 aliphatic carbocycles. The van der Waals surface area contributed by atoms with E-state index >= 15 is 0 Å². The van der Waals surface area contributed by atoms with E-state index in [2.05, 4.69) is 29.3 Å². The first-order chi connectivity index (χ1) is 12.0. The lowest BCUT2D eigenvalue weighted by Crippen LogP contribution is -2.23. The maximum Gasteiger partial charge on any atom is 0.193 e. The summed E-state index contributed by atoms with van der Waals surface area (Å²) in [4.78, 5) is 4.48. The van der Waals surface area contributed by atoms with E-state index in [9.17, 15) is 0 Å². The van der Waals surface area contributed by atoms with Crippen molar-refractivity contribution >= 4 is 11.6 Å². The first-order valence-electron chi connectivity index (χ1n) is 8.36. The zero-order valence-corrected chi connectivity index (χ0v) is 15.6. The van der Waals surface area contributed by atoms with Crippen molar-refractivity contribution in [2.75, 3.05) is 19.5 Å². The van der Waals surface area contributed by atoms with Gasteiger partial charge in [0.15, 0.2) is 5.96 Å². The lowest BCUT2D eigenvalue weighted by Gasteiger charge is -2.12. The van der Waals surface area contributed by atoms with Gasteiger partial charge in [0.25, 0.3) is 0 Å². The topological polar surface area (TPSA) is 86.7 Å². The van der Waals surface area contributed by atoms with Gasteiger partial charge in [0, 0.05) is 24.4 Å². The second-order valence-corrected chi connectivity index (χ2v) is 5.60. The minimum atomic E-state index is 0.319. The van der Waals surface area contributed by atoms with Gasteiger partial charge >= 0.3 is 0 Å². The fourth-order valence-electron chi connectivity index (χ4n) is 2.83. The molecule has 0 aliphatic rings. The molecule has 0 saturated carbocycles. The lowest BCUT2D eigenvalue weighted by molar-refractivity contribution is 0.405. The van der Waals surface area contributed by atoms with E-state index in [1.54, 1.807) is 14.2 Å². The fraction of sp³-hybridized carbons (Fsp3) is 0.444. The van der Waals surface area contributed by atoms with Gasteiger partial charge in [-0.05, 0) is 25.0 Å². The predicted molar refractivity (Wildman–Crippen MR) is 100 cm³/mol. The molecule has 1 heterocycles. The first kappa shape index (κ1) is 18.6. The van der Waals surface area contributed by atoms with E-state index < -0.39 is 0 Å². The van der Waals surface area contributed by atoms with Crippen molar-refractivity contribution in [2.24, 2.45) is 17.8 Å². The summed E-state index contributed by atoms with van der Waals surface area (Å²) in [6, 6.07) is 5.47. The van der Waals surface area contributed by atoms with E-state index in [0.717, 1.165) is 24.1 Å². The zero-order chi connectivity index (χ0) is 18.4. The number of aliphatic imine (C=N–C) groups is 1. The number of guanidine groups is 1. The van der Waals surface area contributed by atoms with Crippen LogP contribution in [-0.4, -0.2) is 30.0 Å². The van der Waals surface area contributed by atoms with Crippen LogP contribution in [-0.2, 0) is 26.4 Å². The number of benzene rings is 1. The SMILES string of the molecule is CCc1nn(C)c(CC)c1CN=C(N)Nc1cc(OC)ccc1OC. The zero-order valence-electron chi connectivity index (χ0n) is 15.6. The Kier molecular flexibility index (Phi) is 6.27. The molecule has 0 atom stereocenters. The molecule has 0 fully saturated rings. The molecule has 0 radical (unpaired) electrons. The summed E-state index contributed by atoms with van der Waals surface area (Å²) in [5, 5.41) is 7.65. The maximum atomic E-state index is 6.07. The molecule has 0 spiro atoms. The van der Waals surface area contributed by atoms with Gasteiger partial charge in [-0.3, -0.25) is 4.68 Å². The third-order valence-corrected chi connectivity index (χ3v) is 4.10. The van der Waals surface area contributed by atoms with Crippen molar-refractivity contribution in [3.8, 4) is 11.5 Å².